The maximum atomic E-state index is 13.3. The van der Waals surface area contributed by atoms with Crippen LogP contribution in [0.15, 0.2) is 120 Å². The summed E-state index contributed by atoms with van der Waals surface area (Å²) in [5.41, 5.74) is 6.37. The quantitative estimate of drug-likeness (QED) is 0.0737. The number of esters is 1. The lowest BCUT2D eigenvalue weighted by Crippen LogP contribution is -2.29. The Balaban J connectivity index is 1.34. The van der Waals surface area contributed by atoms with Gasteiger partial charge in [0.25, 0.3) is 0 Å². The molecule has 0 saturated carbocycles. The molecular formula is C47H51N2O9S2-. The van der Waals surface area contributed by atoms with Gasteiger partial charge in [-0.25, -0.2) is 16.8 Å². The average Bonchev–Trinajstić information content (AvgIpc) is 3.55. The van der Waals surface area contributed by atoms with Crippen LogP contribution in [0.1, 0.15) is 64.5 Å². The average molecular weight is 852 g/mol. The van der Waals surface area contributed by atoms with E-state index in [0.717, 1.165) is 66.6 Å². The van der Waals surface area contributed by atoms with Gasteiger partial charge in [-0.15, -0.1) is 0 Å². The molecule has 1 aliphatic carbocycles. The SMILES string of the molecule is COC(=O)C1CC(/C=C/C2=[N+](CCCS(=O)(=O)[O-])c3ccc4ccccc4c3C2(C)C)=C(OC)C(=C/C=C2/N(CCCS(=O)(=O)[O-])c3ccc4ccccc4c3C2(C)C)/C1. The van der Waals surface area contributed by atoms with E-state index in [-0.39, 0.29) is 18.8 Å². The van der Waals surface area contributed by atoms with Crippen LogP contribution in [-0.4, -0.2) is 81.0 Å². The Kier molecular flexibility index (Phi) is 11.8. The van der Waals surface area contributed by atoms with Crippen molar-refractivity contribution in [3.8, 4) is 0 Å². The van der Waals surface area contributed by atoms with E-state index in [4.69, 9.17) is 9.47 Å². The molecule has 316 valence electrons. The van der Waals surface area contributed by atoms with Gasteiger partial charge in [0.1, 0.15) is 12.3 Å². The van der Waals surface area contributed by atoms with Gasteiger partial charge in [-0.3, -0.25) is 4.79 Å². The second-order valence-corrected chi connectivity index (χ2v) is 19.8. The minimum absolute atomic E-state index is 0.142. The molecule has 13 heteroatoms. The highest BCUT2D eigenvalue weighted by Crippen LogP contribution is 2.51. The van der Waals surface area contributed by atoms with Gasteiger partial charge in [-0.05, 0) is 95.6 Å². The predicted molar refractivity (Wildman–Crippen MR) is 234 cm³/mol. The molecule has 0 fully saturated rings. The third-order valence-electron chi connectivity index (χ3n) is 12.2. The van der Waals surface area contributed by atoms with Gasteiger partial charge >= 0.3 is 5.97 Å². The molecule has 1 unspecified atom stereocenters. The zero-order chi connectivity index (χ0) is 43.2. The van der Waals surface area contributed by atoms with Gasteiger partial charge in [0, 0.05) is 59.0 Å². The highest BCUT2D eigenvalue weighted by molar-refractivity contribution is 7.85. The number of benzene rings is 4. The van der Waals surface area contributed by atoms with E-state index in [9.17, 15) is 30.7 Å². The molecule has 4 aromatic rings. The summed E-state index contributed by atoms with van der Waals surface area (Å²) in [6, 6.07) is 24.5. The number of hydrogen-bond acceptors (Lipinski definition) is 10. The number of carbonyl (C=O) groups is 1. The molecule has 0 aromatic heterocycles. The second-order valence-electron chi connectivity index (χ2n) is 16.8. The normalized spacial score (nSPS) is 20.2. The maximum Gasteiger partial charge on any atom is 0.309 e. The van der Waals surface area contributed by atoms with Crippen molar-refractivity contribution in [1.82, 2.24) is 0 Å². The first-order valence-corrected chi connectivity index (χ1v) is 23.3. The van der Waals surface area contributed by atoms with E-state index in [2.05, 4.69) is 61.4 Å². The molecule has 1 atom stereocenters. The van der Waals surface area contributed by atoms with E-state index in [0.29, 0.717) is 31.7 Å². The lowest BCUT2D eigenvalue weighted by molar-refractivity contribution is -0.437. The molecule has 0 N–H and O–H groups in total. The number of fused-ring (bicyclic) bond motifs is 6. The predicted octanol–water partition coefficient (Wildman–Crippen LogP) is 7.89. The monoisotopic (exact) mass is 851 g/mol. The van der Waals surface area contributed by atoms with Crippen molar-refractivity contribution >= 4 is 64.8 Å². The molecule has 0 radical (unpaired) electrons. The smallest absolute Gasteiger partial charge is 0.309 e. The lowest BCUT2D eigenvalue weighted by Gasteiger charge is -2.28. The molecule has 0 saturated heterocycles. The summed E-state index contributed by atoms with van der Waals surface area (Å²) < 4.78 is 83.5. The van der Waals surface area contributed by atoms with Gasteiger partial charge in [-0.2, -0.15) is 4.58 Å². The highest BCUT2D eigenvalue weighted by Gasteiger charge is 2.46. The number of ether oxygens (including phenoxy) is 2. The minimum atomic E-state index is -4.42. The van der Waals surface area contributed by atoms with Gasteiger partial charge in [0.2, 0.25) is 5.69 Å². The van der Waals surface area contributed by atoms with Crippen LogP contribution in [-0.2, 0) is 45.3 Å². The molecule has 0 spiro atoms. The van der Waals surface area contributed by atoms with Gasteiger partial charge in [-0.1, -0.05) is 74.5 Å². The number of rotatable bonds is 13. The van der Waals surface area contributed by atoms with E-state index in [1.54, 1.807) is 7.11 Å². The van der Waals surface area contributed by atoms with Crippen LogP contribution in [0.25, 0.3) is 21.5 Å². The second kappa shape index (κ2) is 16.4. The van der Waals surface area contributed by atoms with E-state index >= 15 is 0 Å². The number of allylic oxidation sites excluding steroid dienone is 7. The first-order chi connectivity index (χ1) is 28.4. The summed E-state index contributed by atoms with van der Waals surface area (Å²) in [6.45, 7) is 9.14. The third kappa shape index (κ3) is 8.32. The van der Waals surface area contributed by atoms with Crippen molar-refractivity contribution in [3.63, 3.8) is 0 Å². The summed E-state index contributed by atoms with van der Waals surface area (Å²) in [5.74, 6) is -1.24. The fourth-order valence-electron chi connectivity index (χ4n) is 9.59. The number of nitrogens with zero attached hydrogens (tertiary/aromatic N) is 2. The molecule has 11 nitrogen and oxygen atoms in total. The third-order valence-corrected chi connectivity index (χ3v) is 13.8. The standard InChI is InChI=1S/C47H52N2O9S2/c1-46(2)40(48(25-11-27-59(51,52)53)38-21-17-31-13-7-9-15-36(31)42(38)46)23-19-33-29-35(45(50)58-6)30-34(44(33)57-5)20-24-41-47(3,4)43-37-16-10-8-14-32(37)18-22-39(43)49(41)26-12-28-60(54,55)56/h7-10,13-24,35H,11-12,25-30H2,1-6H3,(H-,51,52,53,54,55,56)/p-1. The van der Waals surface area contributed by atoms with Crippen LogP contribution in [0, 0.1) is 5.92 Å². The number of hydrogen-bond donors (Lipinski definition) is 0. The largest absolute Gasteiger partial charge is 0.748 e. The molecule has 60 heavy (non-hydrogen) atoms. The molecule has 4 aromatic carbocycles. The Hall–Kier alpha value is -5.08. The molecule has 3 aliphatic rings. The topological polar surface area (TPSA) is 156 Å². The first-order valence-electron chi connectivity index (χ1n) is 20.1. The van der Waals surface area contributed by atoms with Crippen molar-refractivity contribution < 1.29 is 44.8 Å². The minimum Gasteiger partial charge on any atom is -0.748 e. The lowest BCUT2D eigenvalue weighted by atomic mass is 9.78. The van der Waals surface area contributed by atoms with Crippen molar-refractivity contribution in [1.29, 1.82) is 0 Å². The van der Waals surface area contributed by atoms with Crippen molar-refractivity contribution in [2.24, 2.45) is 5.92 Å². The number of carbonyl (C=O) groups excluding carboxylic acids is 1. The van der Waals surface area contributed by atoms with E-state index in [1.807, 2.05) is 72.8 Å². The van der Waals surface area contributed by atoms with Crippen LogP contribution in [0.4, 0.5) is 11.4 Å². The molecule has 0 amide bonds. The summed E-state index contributed by atoms with van der Waals surface area (Å²) in [4.78, 5) is 15.4. The van der Waals surface area contributed by atoms with Crippen molar-refractivity contribution in [2.75, 3.05) is 43.7 Å². The first kappa shape index (κ1) is 43.0. The zero-order valence-corrected chi connectivity index (χ0v) is 36.5. The molecule has 0 bridgehead atoms. The van der Waals surface area contributed by atoms with Crippen LogP contribution in [0.5, 0.6) is 0 Å². The summed E-state index contributed by atoms with van der Waals surface area (Å²) >= 11 is 0. The molecule has 2 heterocycles. The molecule has 2 aliphatic heterocycles. The Morgan fingerprint density at radius 2 is 1.40 bits per heavy atom. The number of methoxy groups -OCH3 is 2. The number of anilines is 1. The zero-order valence-electron chi connectivity index (χ0n) is 34.9. The van der Waals surface area contributed by atoms with Crippen molar-refractivity contribution in [3.05, 3.63) is 131 Å². The Labute approximate surface area is 352 Å². The fourth-order valence-corrected chi connectivity index (χ4v) is 10.6. The van der Waals surface area contributed by atoms with Gasteiger partial charge in [0.15, 0.2) is 5.71 Å². The van der Waals surface area contributed by atoms with Crippen molar-refractivity contribution in [2.45, 2.75) is 64.2 Å². The van der Waals surface area contributed by atoms with Crippen LogP contribution in [0.3, 0.4) is 0 Å². The molecular weight excluding hydrogens is 801 g/mol. The Morgan fingerprint density at radius 3 is 2.03 bits per heavy atom. The van der Waals surface area contributed by atoms with Crippen LogP contribution in [0.2, 0.25) is 0 Å². The highest BCUT2D eigenvalue weighted by atomic mass is 32.2. The summed E-state index contributed by atoms with van der Waals surface area (Å²) in [5, 5.41) is 4.32. The van der Waals surface area contributed by atoms with E-state index < -0.39 is 48.5 Å². The summed E-state index contributed by atoms with van der Waals surface area (Å²) in [7, 11) is -5.86. The van der Waals surface area contributed by atoms with Crippen LogP contribution < -0.4 is 4.90 Å². The Morgan fingerprint density at radius 1 is 0.783 bits per heavy atom. The summed E-state index contributed by atoms with van der Waals surface area (Å²) in [6.07, 6.45) is 8.93. The fraction of sp³-hybridized carbons (Fsp3) is 0.362. The maximum absolute atomic E-state index is 13.3. The Bertz CT molecular complexity index is 2780. The van der Waals surface area contributed by atoms with Gasteiger partial charge < -0.3 is 23.5 Å². The van der Waals surface area contributed by atoms with Crippen LogP contribution >= 0.6 is 0 Å². The van der Waals surface area contributed by atoms with E-state index in [1.165, 1.54) is 7.11 Å². The van der Waals surface area contributed by atoms with Gasteiger partial charge in [0.05, 0.1) is 45.8 Å². The molecule has 7 rings (SSSR count).